The standard InChI is InChI=1S/C14H9Cl2F2NO2/c15-10-2-1-3-11(16)9(10)7-19-8-4-5-12-13(6-8)21-14(17,18)20-12/h1-6,19H,7H2. The van der Waals surface area contributed by atoms with E-state index in [2.05, 4.69) is 14.8 Å². The Bertz CT molecular complexity index is 674. The van der Waals surface area contributed by atoms with Gasteiger partial charge >= 0.3 is 6.29 Å². The monoisotopic (exact) mass is 331 g/mol. The highest BCUT2D eigenvalue weighted by atomic mass is 35.5. The number of anilines is 1. The van der Waals surface area contributed by atoms with Crippen molar-refractivity contribution in [1.82, 2.24) is 0 Å². The second-order valence-corrected chi connectivity index (χ2v) is 5.20. The molecule has 1 heterocycles. The molecule has 110 valence electrons. The Morgan fingerprint density at radius 3 is 2.38 bits per heavy atom. The molecule has 3 nitrogen and oxygen atoms in total. The van der Waals surface area contributed by atoms with E-state index in [0.29, 0.717) is 22.3 Å². The summed E-state index contributed by atoms with van der Waals surface area (Å²) in [4.78, 5) is 0. The number of alkyl halides is 2. The highest BCUT2D eigenvalue weighted by Crippen LogP contribution is 2.42. The van der Waals surface area contributed by atoms with Crippen LogP contribution in [0.1, 0.15) is 5.56 Å². The predicted molar refractivity (Wildman–Crippen MR) is 76.4 cm³/mol. The molecule has 0 radical (unpaired) electrons. The second-order valence-electron chi connectivity index (χ2n) is 4.38. The average molecular weight is 332 g/mol. The van der Waals surface area contributed by atoms with Crippen molar-refractivity contribution in [3.8, 4) is 11.5 Å². The van der Waals surface area contributed by atoms with Crippen molar-refractivity contribution in [2.75, 3.05) is 5.32 Å². The van der Waals surface area contributed by atoms with Crippen LogP contribution in [0.3, 0.4) is 0 Å². The predicted octanol–water partition coefficient (Wildman–Crippen LogP) is 4.93. The molecular weight excluding hydrogens is 323 g/mol. The van der Waals surface area contributed by atoms with Gasteiger partial charge in [0.05, 0.1) is 0 Å². The zero-order valence-electron chi connectivity index (χ0n) is 10.5. The third-order valence-corrected chi connectivity index (χ3v) is 3.64. The van der Waals surface area contributed by atoms with Crippen LogP contribution in [-0.2, 0) is 6.54 Å². The van der Waals surface area contributed by atoms with Crippen molar-refractivity contribution >= 4 is 28.9 Å². The summed E-state index contributed by atoms with van der Waals surface area (Å²) in [5.74, 6) is -0.0171. The lowest BCUT2D eigenvalue weighted by Crippen LogP contribution is -2.25. The summed E-state index contributed by atoms with van der Waals surface area (Å²) in [6.07, 6.45) is -3.62. The van der Waals surface area contributed by atoms with Crippen LogP contribution in [0.15, 0.2) is 36.4 Å². The Hall–Kier alpha value is -1.72. The SMILES string of the molecule is FC1(F)Oc2ccc(NCc3c(Cl)cccc3Cl)cc2O1. The van der Waals surface area contributed by atoms with Gasteiger partial charge < -0.3 is 14.8 Å². The van der Waals surface area contributed by atoms with E-state index < -0.39 is 6.29 Å². The van der Waals surface area contributed by atoms with Crippen molar-refractivity contribution < 1.29 is 18.3 Å². The molecule has 2 aromatic carbocycles. The van der Waals surface area contributed by atoms with E-state index in [4.69, 9.17) is 23.2 Å². The van der Waals surface area contributed by atoms with E-state index in [-0.39, 0.29) is 11.5 Å². The molecule has 0 spiro atoms. The molecule has 0 saturated carbocycles. The number of ether oxygens (including phenoxy) is 2. The summed E-state index contributed by atoms with van der Waals surface area (Å²) in [6, 6.07) is 9.65. The number of nitrogens with one attached hydrogen (secondary N) is 1. The fourth-order valence-corrected chi connectivity index (χ4v) is 2.48. The molecule has 0 saturated heterocycles. The summed E-state index contributed by atoms with van der Waals surface area (Å²) in [6.45, 7) is 0.356. The smallest absolute Gasteiger partial charge is 0.395 e. The molecule has 7 heteroatoms. The van der Waals surface area contributed by atoms with Crippen molar-refractivity contribution in [2.24, 2.45) is 0 Å². The minimum absolute atomic E-state index is 0.00123. The van der Waals surface area contributed by atoms with E-state index in [1.54, 1.807) is 24.3 Å². The quantitative estimate of drug-likeness (QED) is 0.865. The topological polar surface area (TPSA) is 30.5 Å². The Morgan fingerprint density at radius 1 is 1.00 bits per heavy atom. The van der Waals surface area contributed by atoms with Gasteiger partial charge in [0.1, 0.15) is 0 Å². The lowest BCUT2D eigenvalue weighted by atomic mass is 10.2. The van der Waals surface area contributed by atoms with Crippen molar-refractivity contribution in [3.05, 3.63) is 52.0 Å². The van der Waals surface area contributed by atoms with Crippen LogP contribution in [0.2, 0.25) is 10.0 Å². The Morgan fingerprint density at radius 2 is 1.67 bits per heavy atom. The van der Waals surface area contributed by atoms with Crippen LogP contribution in [0, 0.1) is 0 Å². The first-order valence-electron chi connectivity index (χ1n) is 6.01. The molecule has 21 heavy (non-hydrogen) atoms. The number of benzene rings is 2. The molecule has 0 atom stereocenters. The summed E-state index contributed by atoms with van der Waals surface area (Å²) < 4.78 is 34.6. The highest BCUT2D eigenvalue weighted by molar-refractivity contribution is 6.36. The first-order chi connectivity index (χ1) is 9.94. The number of hydrogen-bond donors (Lipinski definition) is 1. The summed E-state index contributed by atoms with van der Waals surface area (Å²) in [7, 11) is 0. The van der Waals surface area contributed by atoms with Gasteiger partial charge in [-0.25, -0.2) is 0 Å². The molecule has 0 aromatic heterocycles. The zero-order valence-corrected chi connectivity index (χ0v) is 12.0. The second kappa shape index (κ2) is 5.24. The normalized spacial score (nSPS) is 15.0. The van der Waals surface area contributed by atoms with Crippen LogP contribution >= 0.6 is 23.2 Å². The minimum Gasteiger partial charge on any atom is -0.395 e. The van der Waals surface area contributed by atoms with Crippen molar-refractivity contribution in [2.45, 2.75) is 12.8 Å². The van der Waals surface area contributed by atoms with E-state index in [0.717, 1.165) is 5.56 Å². The first kappa shape index (κ1) is 14.2. The molecule has 0 bridgehead atoms. The van der Waals surface area contributed by atoms with Gasteiger partial charge in [0.2, 0.25) is 0 Å². The first-order valence-corrected chi connectivity index (χ1v) is 6.77. The maximum absolute atomic E-state index is 12.9. The number of hydrogen-bond acceptors (Lipinski definition) is 3. The summed E-state index contributed by atoms with van der Waals surface area (Å²) >= 11 is 12.1. The molecule has 2 aromatic rings. The Labute approximate surface area is 129 Å². The summed E-state index contributed by atoms with van der Waals surface area (Å²) in [5.41, 5.74) is 1.31. The van der Waals surface area contributed by atoms with Crippen LogP contribution in [0.25, 0.3) is 0 Å². The van der Waals surface area contributed by atoms with E-state index in [1.807, 2.05) is 0 Å². The largest absolute Gasteiger partial charge is 0.586 e. The third-order valence-electron chi connectivity index (χ3n) is 2.93. The zero-order chi connectivity index (χ0) is 15.0. The van der Waals surface area contributed by atoms with Gasteiger partial charge in [-0.1, -0.05) is 29.3 Å². The molecule has 1 N–H and O–H groups in total. The Balaban J connectivity index is 1.76. The third kappa shape index (κ3) is 2.99. The number of rotatable bonds is 3. The van der Waals surface area contributed by atoms with Crippen LogP contribution in [-0.4, -0.2) is 6.29 Å². The van der Waals surface area contributed by atoms with Gasteiger partial charge in [0, 0.05) is 33.9 Å². The van der Waals surface area contributed by atoms with Gasteiger partial charge in [-0.05, 0) is 24.3 Å². The summed E-state index contributed by atoms with van der Waals surface area (Å²) in [5, 5.41) is 4.11. The van der Waals surface area contributed by atoms with E-state index >= 15 is 0 Å². The van der Waals surface area contributed by atoms with Gasteiger partial charge in [-0.15, -0.1) is 8.78 Å². The number of halogens is 4. The minimum atomic E-state index is -3.62. The molecule has 0 aliphatic carbocycles. The van der Waals surface area contributed by atoms with Crippen molar-refractivity contribution in [1.29, 1.82) is 0 Å². The van der Waals surface area contributed by atoms with Gasteiger partial charge in [-0.2, -0.15) is 0 Å². The molecule has 1 aliphatic heterocycles. The van der Waals surface area contributed by atoms with Crippen LogP contribution in [0.5, 0.6) is 11.5 Å². The van der Waals surface area contributed by atoms with Gasteiger partial charge in [0.25, 0.3) is 0 Å². The van der Waals surface area contributed by atoms with Gasteiger partial charge in [-0.3, -0.25) is 0 Å². The molecule has 1 aliphatic rings. The van der Waals surface area contributed by atoms with Crippen LogP contribution in [0.4, 0.5) is 14.5 Å². The molecular formula is C14H9Cl2F2NO2. The molecule has 0 unspecified atom stereocenters. The lowest BCUT2D eigenvalue weighted by molar-refractivity contribution is -0.286. The number of fused-ring (bicyclic) bond motifs is 1. The highest BCUT2D eigenvalue weighted by Gasteiger charge is 2.43. The van der Waals surface area contributed by atoms with Crippen molar-refractivity contribution in [3.63, 3.8) is 0 Å². The van der Waals surface area contributed by atoms with Gasteiger partial charge in [0.15, 0.2) is 11.5 Å². The fourth-order valence-electron chi connectivity index (χ4n) is 1.95. The maximum Gasteiger partial charge on any atom is 0.586 e. The molecule has 3 rings (SSSR count). The molecule has 0 amide bonds. The Kier molecular flexibility index (Phi) is 3.55. The van der Waals surface area contributed by atoms with E-state index in [9.17, 15) is 8.78 Å². The van der Waals surface area contributed by atoms with Crippen LogP contribution < -0.4 is 14.8 Å². The van der Waals surface area contributed by atoms with E-state index in [1.165, 1.54) is 12.1 Å². The average Bonchev–Trinajstić information content (AvgIpc) is 2.71. The lowest BCUT2D eigenvalue weighted by Gasteiger charge is -2.10. The molecule has 0 fully saturated rings. The fraction of sp³-hybridized carbons (Fsp3) is 0.143. The maximum atomic E-state index is 12.9.